The maximum Gasteiger partial charge on any atom is 0.150 e. The smallest absolute Gasteiger partial charge is 0.150 e. The van der Waals surface area contributed by atoms with E-state index in [9.17, 15) is 5.11 Å². The largest absolute Gasteiger partial charge is 0.505 e. The van der Waals surface area contributed by atoms with E-state index in [2.05, 4.69) is 10.2 Å². The van der Waals surface area contributed by atoms with E-state index < -0.39 is 0 Å². The lowest BCUT2D eigenvalue weighted by Gasteiger charge is -2.03. The molecule has 3 aromatic carbocycles. The SMILES string of the molecule is Cc1ccccc1N=Nc1ccc2ccccc2c1O. The van der Waals surface area contributed by atoms with Crippen molar-refractivity contribution in [3.8, 4) is 5.75 Å². The number of azo groups is 1. The molecule has 1 N–H and O–H groups in total. The highest BCUT2D eigenvalue weighted by molar-refractivity contribution is 5.92. The summed E-state index contributed by atoms with van der Waals surface area (Å²) in [6.07, 6.45) is 0. The van der Waals surface area contributed by atoms with Gasteiger partial charge in [0.1, 0.15) is 5.69 Å². The Morgan fingerprint density at radius 3 is 2.30 bits per heavy atom. The van der Waals surface area contributed by atoms with Crippen molar-refractivity contribution >= 4 is 22.1 Å². The summed E-state index contributed by atoms with van der Waals surface area (Å²) in [7, 11) is 0. The normalized spacial score (nSPS) is 11.2. The number of aromatic hydroxyl groups is 1. The molecule has 98 valence electrons. The van der Waals surface area contributed by atoms with Gasteiger partial charge in [-0.25, -0.2) is 0 Å². The topological polar surface area (TPSA) is 45.0 Å². The summed E-state index contributed by atoms with van der Waals surface area (Å²) in [4.78, 5) is 0. The van der Waals surface area contributed by atoms with Gasteiger partial charge in [0.25, 0.3) is 0 Å². The van der Waals surface area contributed by atoms with Crippen LogP contribution in [0.5, 0.6) is 5.75 Å². The first kappa shape index (κ1) is 12.4. The number of benzene rings is 3. The Kier molecular flexibility index (Phi) is 3.17. The minimum absolute atomic E-state index is 0.167. The van der Waals surface area contributed by atoms with E-state index in [0.29, 0.717) is 5.69 Å². The third-order valence-corrected chi connectivity index (χ3v) is 3.26. The first-order chi connectivity index (χ1) is 9.75. The van der Waals surface area contributed by atoms with Gasteiger partial charge in [-0.05, 0) is 30.0 Å². The highest BCUT2D eigenvalue weighted by Gasteiger charge is 2.05. The molecule has 0 spiro atoms. The Morgan fingerprint density at radius 1 is 0.750 bits per heavy atom. The van der Waals surface area contributed by atoms with E-state index in [1.54, 1.807) is 6.07 Å². The molecule has 0 saturated carbocycles. The highest BCUT2D eigenvalue weighted by atomic mass is 16.3. The second-order valence-corrected chi connectivity index (χ2v) is 4.64. The molecule has 3 rings (SSSR count). The molecular weight excluding hydrogens is 248 g/mol. The highest BCUT2D eigenvalue weighted by Crippen LogP contribution is 2.35. The van der Waals surface area contributed by atoms with Crippen LogP contribution in [0.4, 0.5) is 11.4 Å². The first-order valence-electron chi connectivity index (χ1n) is 6.44. The Morgan fingerprint density at radius 2 is 1.45 bits per heavy atom. The predicted molar refractivity (Wildman–Crippen MR) is 81.0 cm³/mol. The Labute approximate surface area is 117 Å². The van der Waals surface area contributed by atoms with Crippen molar-refractivity contribution in [3.05, 3.63) is 66.2 Å². The fraction of sp³-hybridized carbons (Fsp3) is 0.0588. The van der Waals surface area contributed by atoms with Crippen LogP contribution in [0.25, 0.3) is 10.8 Å². The van der Waals surface area contributed by atoms with E-state index in [-0.39, 0.29) is 5.75 Å². The number of nitrogens with zero attached hydrogens (tertiary/aromatic N) is 2. The van der Waals surface area contributed by atoms with Crippen LogP contribution in [0.3, 0.4) is 0 Å². The zero-order chi connectivity index (χ0) is 13.9. The fourth-order valence-electron chi connectivity index (χ4n) is 2.11. The van der Waals surface area contributed by atoms with Crippen LogP contribution in [0.1, 0.15) is 5.56 Å². The van der Waals surface area contributed by atoms with Gasteiger partial charge in [0.2, 0.25) is 0 Å². The summed E-state index contributed by atoms with van der Waals surface area (Å²) < 4.78 is 0. The zero-order valence-corrected chi connectivity index (χ0v) is 11.1. The number of hydrogen-bond acceptors (Lipinski definition) is 3. The van der Waals surface area contributed by atoms with Gasteiger partial charge >= 0.3 is 0 Å². The molecule has 0 unspecified atom stereocenters. The van der Waals surface area contributed by atoms with Crippen molar-refractivity contribution in [3.63, 3.8) is 0 Å². The van der Waals surface area contributed by atoms with Gasteiger partial charge in [-0.3, -0.25) is 0 Å². The molecule has 0 aliphatic carbocycles. The number of rotatable bonds is 2. The number of phenolic OH excluding ortho intramolecular Hbond substituents is 1. The third-order valence-electron chi connectivity index (χ3n) is 3.26. The van der Waals surface area contributed by atoms with E-state index in [1.807, 2.05) is 61.5 Å². The molecule has 0 radical (unpaired) electrons. The van der Waals surface area contributed by atoms with Crippen LogP contribution in [0.2, 0.25) is 0 Å². The van der Waals surface area contributed by atoms with Gasteiger partial charge < -0.3 is 5.11 Å². The van der Waals surface area contributed by atoms with Crippen molar-refractivity contribution in [1.82, 2.24) is 0 Å². The quantitative estimate of drug-likeness (QED) is 0.628. The molecule has 0 aliphatic rings. The van der Waals surface area contributed by atoms with Gasteiger partial charge in [0, 0.05) is 5.39 Å². The molecule has 0 amide bonds. The van der Waals surface area contributed by atoms with Crippen molar-refractivity contribution < 1.29 is 5.11 Å². The van der Waals surface area contributed by atoms with Crippen molar-refractivity contribution in [2.75, 3.05) is 0 Å². The van der Waals surface area contributed by atoms with E-state index >= 15 is 0 Å². The average molecular weight is 262 g/mol. The van der Waals surface area contributed by atoms with Crippen LogP contribution >= 0.6 is 0 Å². The number of aryl methyl sites for hydroxylation is 1. The molecule has 3 heteroatoms. The lowest BCUT2D eigenvalue weighted by atomic mass is 10.1. The third kappa shape index (κ3) is 2.26. The van der Waals surface area contributed by atoms with Gasteiger partial charge in [-0.2, -0.15) is 5.11 Å². The molecule has 0 bridgehead atoms. The summed E-state index contributed by atoms with van der Waals surface area (Å²) in [6, 6.07) is 19.1. The second-order valence-electron chi connectivity index (χ2n) is 4.64. The zero-order valence-electron chi connectivity index (χ0n) is 11.1. The minimum Gasteiger partial charge on any atom is -0.505 e. The molecule has 0 saturated heterocycles. The summed E-state index contributed by atoms with van der Waals surface area (Å²) in [6.45, 7) is 1.98. The van der Waals surface area contributed by atoms with Crippen molar-refractivity contribution in [2.45, 2.75) is 6.92 Å². The second kappa shape index (κ2) is 5.13. The van der Waals surface area contributed by atoms with Crippen molar-refractivity contribution in [2.24, 2.45) is 10.2 Å². The predicted octanol–water partition coefficient (Wildman–Crippen LogP) is 5.27. The van der Waals surface area contributed by atoms with Crippen LogP contribution in [-0.4, -0.2) is 5.11 Å². The summed E-state index contributed by atoms with van der Waals surface area (Å²) in [5.41, 5.74) is 2.34. The van der Waals surface area contributed by atoms with Crippen LogP contribution in [0, 0.1) is 6.92 Å². The van der Waals surface area contributed by atoms with Crippen molar-refractivity contribution in [1.29, 1.82) is 0 Å². The molecular formula is C17H14N2O. The Hall–Kier alpha value is -2.68. The molecule has 0 heterocycles. The van der Waals surface area contributed by atoms with E-state index in [1.165, 1.54) is 0 Å². The molecule has 0 atom stereocenters. The number of fused-ring (bicyclic) bond motifs is 1. The fourth-order valence-corrected chi connectivity index (χ4v) is 2.11. The van der Waals surface area contributed by atoms with Gasteiger partial charge in [0.05, 0.1) is 5.69 Å². The maximum atomic E-state index is 10.2. The molecule has 3 nitrogen and oxygen atoms in total. The van der Waals surface area contributed by atoms with Crippen LogP contribution < -0.4 is 0 Å². The Bertz CT molecular complexity index is 794. The number of hydrogen-bond donors (Lipinski definition) is 1. The minimum atomic E-state index is 0.167. The van der Waals surface area contributed by atoms with Gasteiger partial charge in [0.15, 0.2) is 5.75 Å². The first-order valence-corrected chi connectivity index (χ1v) is 6.44. The lowest BCUT2D eigenvalue weighted by molar-refractivity contribution is 0.482. The molecule has 0 aliphatic heterocycles. The molecule has 3 aromatic rings. The number of phenols is 1. The van der Waals surface area contributed by atoms with Crippen LogP contribution in [0.15, 0.2) is 70.9 Å². The summed E-state index contributed by atoms with van der Waals surface area (Å²) in [5, 5.41) is 20.4. The van der Waals surface area contributed by atoms with Gasteiger partial charge in [-0.1, -0.05) is 48.5 Å². The monoisotopic (exact) mass is 262 g/mol. The van der Waals surface area contributed by atoms with Gasteiger partial charge in [-0.15, -0.1) is 5.11 Å². The summed E-state index contributed by atoms with van der Waals surface area (Å²) >= 11 is 0. The molecule has 0 fully saturated rings. The Balaban J connectivity index is 2.03. The van der Waals surface area contributed by atoms with Crippen LogP contribution in [-0.2, 0) is 0 Å². The summed E-state index contributed by atoms with van der Waals surface area (Å²) in [5.74, 6) is 0.167. The van der Waals surface area contributed by atoms with E-state index in [4.69, 9.17) is 0 Å². The van der Waals surface area contributed by atoms with E-state index in [0.717, 1.165) is 22.0 Å². The molecule has 20 heavy (non-hydrogen) atoms. The standard InChI is InChI=1S/C17H14N2O/c1-12-6-2-5-9-15(12)18-19-16-11-10-13-7-3-4-8-14(13)17(16)20/h2-11,20H,1H3. The molecule has 0 aromatic heterocycles. The lowest BCUT2D eigenvalue weighted by Crippen LogP contribution is -1.75. The maximum absolute atomic E-state index is 10.2. The average Bonchev–Trinajstić information content (AvgIpc) is 2.48.